The second-order valence-electron chi connectivity index (χ2n) is 6.21. The maximum Gasteiger partial charge on any atom is 0.277 e. The van der Waals surface area contributed by atoms with Gasteiger partial charge in [-0.05, 0) is 43.3 Å². The van der Waals surface area contributed by atoms with E-state index in [0.717, 1.165) is 22.9 Å². The number of aromatic nitrogens is 2. The first-order valence-electron chi connectivity index (χ1n) is 8.31. The SMILES string of the molecule is Cc1ccc(N2C(=O)CC(Sc3nnc(-c4ccc(N)cc4)o3)C2=O)cc1. The van der Waals surface area contributed by atoms with Crippen molar-refractivity contribution in [3.05, 3.63) is 54.1 Å². The van der Waals surface area contributed by atoms with Gasteiger partial charge in [-0.1, -0.05) is 29.5 Å². The zero-order valence-electron chi connectivity index (χ0n) is 14.5. The number of thioether (sulfide) groups is 1. The average Bonchev–Trinajstić information content (AvgIpc) is 3.22. The number of imide groups is 1. The van der Waals surface area contributed by atoms with Crippen LogP contribution in [0.1, 0.15) is 12.0 Å². The summed E-state index contributed by atoms with van der Waals surface area (Å²) in [5.74, 6) is -0.176. The molecule has 1 aliphatic rings. The maximum atomic E-state index is 12.7. The fraction of sp³-hybridized carbons (Fsp3) is 0.158. The Bertz CT molecular complexity index is 999. The van der Waals surface area contributed by atoms with Crippen molar-refractivity contribution in [1.29, 1.82) is 0 Å². The molecule has 1 unspecified atom stereocenters. The molecule has 1 aliphatic heterocycles. The molecule has 2 aromatic carbocycles. The van der Waals surface area contributed by atoms with E-state index >= 15 is 0 Å². The molecule has 8 heteroatoms. The Kier molecular flexibility index (Phi) is 4.41. The van der Waals surface area contributed by atoms with Crippen LogP contribution in [-0.2, 0) is 9.59 Å². The summed E-state index contributed by atoms with van der Waals surface area (Å²) in [5, 5.41) is 7.65. The molecule has 0 aliphatic carbocycles. The van der Waals surface area contributed by atoms with E-state index < -0.39 is 5.25 Å². The number of aryl methyl sites for hydroxylation is 1. The van der Waals surface area contributed by atoms with Gasteiger partial charge in [0.1, 0.15) is 5.25 Å². The van der Waals surface area contributed by atoms with Crippen molar-refractivity contribution in [3.63, 3.8) is 0 Å². The van der Waals surface area contributed by atoms with E-state index in [4.69, 9.17) is 10.2 Å². The monoisotopic (exact) mass is 380 g/mol. The number of nitrogens with zero attached hydrogens (tertiary/aromatic N) is 3. The number of anilines is 2. The summed E-state index contributed by atoms with van der Waals surface area (Å²) >= 11 is 1.11. The molecular weight excluding hydrogens is 364 g/mol. The topological polar surface area (TPSA) is 102 Å². The summed E-state index contributed by atoms with van der Waals surface area (Å²) in [5.41, 5.74) is 8.68. The minimum Gasteiger partial charge on any atom is -0.411 e. The van der Waals surface area contributed by atoms with Crippen LogP contribution in [-0.4, -0.2) is 27.3 Å². The fourth-order valence-corrected chi connectivity index (χ4v) is 3.67. The number of rotatable bonds is 4. The van der Waals surface area contributed by atoms with Gasteiger partial charge in [0, 0.05) is 17.7 Å². The summed E-state index contributed by atoms with van der Waals surface area (Å²) in [6, 6.07) is 14.3. The molecule has 0 saturated carbocycles. The Labute approximate surface area is 159 Å². The lowest BCUT2D eigenvalue weighted by Crippen LogP contribution is -2.31. The highest BCUT2D eigenvalue weighted by Gasteiger charge is 2.41. The van der Waals surface area contributed by atoms with E-state index in [-0.39, 0.29) is 23.5 Å². The van der Waals surface area contributed by atoms with E-state index in [1.165, 1.54) is 4.90 Å². The van der Waals surface area contributed by atoms with Crippen LogP contribution in [0.5, 0.6) is 0 Å². The smallest absolute Gasteiger partial charge is 0.277 e. The Morgan fingerprint density at radius 2 is 1.78 bits per heavy atom. The highest BCUT2D eigenvalue weighted by Crippen LogP contribution is 2.34. The van der Waals surface area contributed by atoms with Crippen LogP contribution in [0.15, 0.2) is 58.2 Å². The maximum absolute atomic E-state index is 12.7. The Morgan fingerprint density at radius 3 is 2.48 bits per heavy atom. The number of nitrogens with two attached hydrogens (primary N) is 1. The molecule has 1 saturated heterocycles. The molecule has 2 N–H and O–H groups in total. The molecule has 0 bridgehead atoms. The van der Waals surface area contributed by atoms with Gasteiger partial charge in [-0.15, -0.1) is 10.2 Å². The van der Waals surface area contributed by atoms with Crippen LogP contribution in [0, 0.1) is 6.92 Å². The molecule has 0 spiro atoms. The zero-order chi connectivity index (χ0) is 19.0. The number of amides is 2. The predicted octanol–water partition coefficient (Wildman–Crippen LogP) is 3.05. The molecule has 136 valence electrons. The minimum absolute atomic E-state index is 0.0942. The summed E-state index contributed by atoms with van der Waals surface area (Å²) in [6.45, 7) is 1.95. The molecule has 4 rings (SSSR count). The van der Waals surface area contributed by atoms with Crippen LogP contribution in [0.3, 0.4) is 0 Å². The summed E-state index contributed by atoms with van der Waals surface area (Å²) in [4.78, 5) is 26.3. The number of hydrogen-bond acceptors (Lipinski definition) is 7. The normalized spacial score (nSPS) is 16.9. The van der Waals surface area contributed by atoms with E-state index in [0.29, 0.717) is 17.3 Å². The Morgan fingerprint density at radius 1 is 1.07 bits per heavy atom. The van der Waals surface area contributed by atoms with Crippen molar-refractivity contribution >= 4 is 35.0 Å². The Hall–Kier alpha value is -3.13. The molecule has 27 heavy (non-hydrogen) atoms. The number of nitrogen functional groups attached to an aromatic ring is 1. The number of hydrogen-bond donors (Lipinski definition) is 1. The van der Waals surface area contributed by atoms with Crippen LogP contribution >= 0.6 is 11.8 Å². The van der Waals surface area contributed by atoms with Crippen molar-refractivity contribution in [3.8, 4) is 11.5 Å². The van der Waals surface area contributed by atoms with Crippen molar-refractivity contribution in [2.75, 3.05) is 10.6 Å². The van der Waals surface area contributed by atoms with Gasteiger partial charge in [0.15, 0.2) is 0 Å². The van der Waals surface area contributed by atoms with E-state index in [1.54, 1.807) is 36.4 Å². The molecule has 2 heterocycles. The van der Waals surface area contributed by atoms with E-state index in [9.17, 15) is 9.59 Å². The van der Waals surface area contributed by atoms with E-state index in [1.807, 2.05) is 19.1 Å². The fourth-order valence-electron chi connectivity index (χ4n) is 2.78. The lowest BCUT2D eigenvalue weighted by atomic mass is 10.2. The van der Waals surface area contributed by atoms with Crippen molar-refractivity contribution < 1.29 is 14.0 Å². The first-order chi connectivity index (χ1) is 13.0. The minimum atomic E-state index is -0.585. The van der Waals surface area contributed by atoms with Crippen molar-refractivity contribution in [2.45, 2.75) is 23.8 Å². The molecule has 2 amide bonds. The van der Waals surface area contributed by atoms with Gasteiger partial charge in [-0.3, -0.25) is 9.59 Å². The van der Waals surface area contributed by atoms with Gasteiger partial charge in [0.25, 0.3) is 5.22 Å². The first kappa shape index (κ1) is 17.3. The molecule has 0 radical (unpaired) electrons. The molecule has 3 aromatic rings. The third-order valence-electron chi connectivity index (χ3n) is 4.20. The van der Waals surface area contributed by atoms with Crippen LogP contribution in [0.4, 0.5) is 11.4 Å². The number of carbonyl (C=O) groups excluding carboxylic acids is 2. The lowest BCUT2D eigenvalue weighted by molar-refractivity contribution is -0.121. The van der Waals surface area contributed by atoms with E-state index in [2.05, 4.69) is 10.2 Å². The molecule has 1 fully saturated rings. The van der Waals surface area contributed by atoms with Crippen LogP contribution in [0.25, 0.3) is 11.5 Å². The second-order valence-corrected chi connectivity index (χ2v) is 7.36. The quantitative estimate of drug-likeness (QED) is 0.548. The van der Waals surface area contributed by atoms with Crippen LogP contribution in [0.2, 0.25) is 0 Å². The third kappa shape index (κ3) is 3.43. The highest BCUT2D eigenvalue weighted by atomic mass is 32.2. The highest BCUT2D eigenvalue weighted by molar-refractivity contribution is 8.00. The lowest BCUT2D eigenvalue weighted by Gasteiger charge is -2.14. The predicted molar refractivity (Wildman–Crippen MR) is 102 cm³/mol. The molecule has 1 aromatic heterocycles. The first-order valence-corrected chi connectivity index (χ1v) is 9.19. The summed E-state index contributed by atoms with van der Waals surface area (Å²) in [6.07, 6.45) is 0.0942. The molecule has 1 atom stereocenters. The van der Waals surface area contributed by atoms with Gasteiger partial charge >= 0.3 is 0 Å². The van der Waals surface area contributed by atoms with Gasteiger partial charge in [-0.2, -0.15) is 0 Å². The van der Waals surface area contributed by atoms with Crippen molar-refractivity contribution in [1.82, 2.24) is 10.2 Å². The summed E-state index contributed by atoms with van der Waals surface area (Å²) < 4.78 is 5.63. The van der Waals surface area contributed by atoms with Crippen molar-refractivity contribution in [2.24, 2.45) is 0 Å². The number of carbonyl (C=O) groups is 2. The third-order valence-corrected chi connectivity index (χ3v) is 5.22. The van der Waals surface area contributed by atoms with Gasteiger partial charge in [0.05, 0.1) is 5.69 Å². The molecular formula is C19H16N4O3S. The number of benzene rings is 2. The van der Waals surface area contributed by atoms with Crippen LogP contribution < -0.4 is 10.6 Å². The van der Waals surface area contributed by atoms with Gasteiger partial charge in [0.2, 0.25) is 17.7 Å². The van der Waals surface area contributed by atoms with Gasteiger partial charge in [-0.25, -0.2) is 4.90 Å². The summed E-state index contributed by atoms with van der Waals surface area (Å²) in [7, 11) is 0. The standard InChI is InChI=1S/C19H16N4O3S/c1-11-2-8-14(9-3-11)23-16(24)10-15(18(23)25)27-19-22-21-17(26-19)12-4-6-13(20)7-5-12/h2-9,15H,10,20H2,1H3. The largest absolute Gasteiger partial charge is 0.411 e. The zero-order valence-corrected chi connectivity index (χ0v) is 15.3. The van der Waals surface area contributed by atoms with Gasteiger partial charge < -0.3 is 10.2 Å². The average molecular weight is 380 g/mol. The second kappa shape index (κ2) is 6.88. The molecule has 7 nitrogen and oxygen atoms in total. The Balaban J connectivity index is 1.50.